The molecular weight excluding hydrogens is 316 g/mol. The molecular formula is C16H17BrN2O. The van der Waals surface area contributed by atoms with Gasteiger partial charge < -0.3 is 10.6 Å². The molecule has 0 aliphatic carbocycles. The molecule has 0 aliphatic rings. The van der Waals surface area contributed by atoms with Gasteiger partial charge in [-0.2, -0.15) is 0 Å². The second kappa shape index (κ2) is 7.10. The Labute approximate surface area is 127 Å². The van der Waals surface area contributed by atoms with Crippen molar-refractivity contribution >= 4 is 27.5 Å². The fourth-order valence-corrected chi connectivity index (χ4v) is 2.15. The summed E-state index contributed by atoms with van der Waals surface area (Å²) >= 11 is 3.40. The van der Waals surface area contributed by atoms with E-state index in [0.29, 0.717) is 6.54 Å². The number of hydrogen-bond donors (Lipinski definition) is 2. The van der Waals surface area contributed by atoms with Crippen LogP contribution in [0, 0.1) is 6.92 Å². The van der Waals surface area contributed by atoms with Crippen LogP contribution in [0.3, 0.4) is 0 Å². The van der Waals surface area contributed by atoms with Crippen LogP contribution < -0.4 is 10.6 Å². The summed E-state index contributed by atoms with van der Waals surface area (Å²) in [6.07, 6.45) is 0. The number of amides is 1. The van der Waals surface area contributed by atoms with Crippen molar-refractivity contribution in [3.63, 3.8) is 0 Å². The molecule has 2 rings (SSSR count). The summed E-state index contributed by atoms with van der Waals surface area (Å²) in [6.45, 7) is 2.87. The van der Waals surface area contributed by atoms with Gasteiger partial charge in [0.1, 0.15) is 0 Å². The van der Waals surface area contributed by atoms with E-state index < -0.39 is 0 Å². The summed E-state index contributed by atoms with van der Waals surface area (Å²) in [5.74, 6) is -0.0226. The largest absolute Gasteiger partial charge is 0.376 e. The number of aryl methyl sites for hydroxylation is 1. The Hall–Kier alpha value is -1.81. The zero-order valence-electron chi connectivity index (χ0n) is 11.3. The topological polar surface area (TPSA) is 41.1 Å². The van der Waals surface area contributed by atoms with Gasteiger partial charge in [0.25, 0.3) is 0 Å². The normalized spacial score (nSPS) is 10.1. The predicted molar refractivity (Wildman–Crippen MR) is 85.7 cm³/mol. The van der Waals surface area contributed by atoms with Crippen molar-refractivity contribution in [2.45, 2.75) is 13.5 Å². The molecule has 0 bridgehead atoms. The smallest absolute Gasteiger partial charge is 0.239 e. The van der Waals surface area contributed by atoms with E-state index in [-0.39, 0.29) is 12.5 Å². The molecule has 2 N–H and O–H groups in total. The number of carbonyl (C=O) groups excluding carboxylic acids is 1. The van der Waals surface area contributed by atoms with Gasteiger partial charge in [-0.3, -0.25) is 4.79 Å². The van der Waals surface area contributed by atoms with E-state index >= 15 is 0 Å². The van der Waals surface area contributed by atoms with Crippen molar-refractivity contribution in [1.82, 2.24) is 5.32 Å². The molecule has 0 unspecified atom stereocenters. The number of anilines is 1. The lowest BCUT2D eigenvalue weighted by molar-refractivity contribution is -0.119. The summed E-state index contributed by atoms with van der Waals surface area (Å²) in [6, 6.07) is 15.9. The Morgan fingerprint density at radius 2 is 1.90 bits per heavy atom. The van der Waals surface area contributed by atoms with Crippen LogP contribution in [0.1, 0.15) is 11.1 Å². The van der Waals surface area contributed by atoms with Gasteiger partial charge in [0.15, 0.2) is 0 Å². The second-order valence-corrected chi connectivity index (χ2v) is 5.54. The molecule has 4 heteroatoms. The van der Waals surface area contributed by atoms with Crippen molar-refractivity contribution in [2.75, 3.05) is 11.9 Å². The summed E-state index contributed by atoms with van der Waals surface area (Å²) in [5.41, 5.74) is 3.24. The van der Waals surface area contributed by atoms with Crippen molar-refractivity contribution in [3.8, 4) is 0 Å². The minimum atomic E-state index is -0.0226. The Morgan fingerprint density at radius 3 is 2.60 bits per heavy atom. The van der Waals surface area contributed by atoms with Gasteiger partial charge in [-0.1, -0.05) is 51.8 Å². The summed E-state index contributed by atoms with van der Waals surface area (Å²) in [7, 11) is 0. The van der Waals surface area contributed by atoms with Crippen LogP contribution in [0.25, 0.3) is 0 Å². The maximum absolute atomic E-state index is 11.8. The van der Waals surface area contributed by atoms with E-state index in [1.807, 2.05) is 55.5 Å². The molecule has 1 amide bonds. The van der Waals surface area contributed by atoms with Gasteiger partial charge in [0, 0.05) is 16.7 Å². The molecule has 0 fully saturated rings. The van der Waals surface area contributed by atoms with Gasteiger partial charge in [0.2, 0.25) is 5.91 Å². The molecule has 0 saturated heterocycles. The van der Waals surface area contributed by atoms with E-state index in [1.165, 1.54) is 5.56 Å². The number of halogens is 1. The Balaban J connectivity index is 1.77. The van der Waals surface area contributed by atoms with Gasteiger partial charge >= 0.3 is 0 Å². The molecule has 20 heavy (non-hydrogen) atoms. The molecule has 0 radical (unpaired) electrons. The van der Waals surface area contributed by atoms with Gasteiger partial charge in [-0.25, -0.2) is 0 Å². The molecule has 104 valence electrons. The van der Waals surface area contributed by atoms with E-state index in [0.717, 1.165) is 15.7 Å². The number of nitrogens with one attached hydrogen (secondary N) is 2. The molecule has 0 atom stereocenters. The first-order valence-corrected chi connectivity index (χ1v) is 7.24. The van der Waals surface area contributed by atoms with Gasteiger partial charge in [-0.05, 0) is 30.7 Å². The average Bonchev–Trinajstić information content (AvgIpc) is 2.45. The fraction of sp³-hybridized carbons (Fsp3) is 0.188. The Kier molecular flexibility index (Phi) is 5.18. The predicted octanol–water partition coefficient (Wildman–Crippen LogP) is 3.49. The fourth-order valence-electron chi connectivity index (χ4n) is 1.75. The van der Waals surface area contributed by atoms with Crippen LogP contribution in [0.2, 0.25) is 0 Å². The number of rotatable bonds is 5. The zero-order valence-corrected chi connectivity index (χ0v) is 12.9. The van der Waals surface area contributed by atoms with E-state index in [1.54, 1.807) is 0 Å². The van der Waals surface area contributed by atoms with Crippen LogP contribution in [0.15, 0.2) is 53.0 Å². The molecule has 0 spiro atoms. The van der Waals surface area contributed by atoms with E-state index in [2.05, 4.69) is 26.6 Å². The first-order chi connectivity index (χ1) is 9.63. The first-order valence-electron chi connectivity index (χ1n) is 6.45. The first kappa shape index (κ1) is 14.6. The van der Waals surface area contributed by atoms with Gasteiger partial charge in [0.05, 0.1) is 6.54 Å². The monoisotopic (exact) mass is 332 g/mol. The minimum absolute atomic E-state index is 0.0226. The highest BCUT2D eigenvalue weighted by atomic mass is 79.9. The average molecular weight is 333 g/mol. The van der Waals surface area contributed by atoms with Crippen molar-refractivity contribution < 1.29 is 4.79 Å². The highest BCUT2D eigenvalue weighted by Gasteiger charge is 2.01. The maximum atomic E-state index is 11.8. The summed E-state index contributed by atoms with van der Waals surface area (Å²) in [5, 5.41) is 5.98. The lowest BCUT2D eigenvalue weighted by atomic mass is 10.1. The lowest BCUT2D eigenvalue weighted by Gasteiger charge is -2.08. The number of carbonyl (C=O) groups is 1. The standard InChI is InChI=1S/C16H17BrN2O/c1-12-5-7-13(8-6-12)10-19-16(20)11-18-15-4-2-3-14(17)9-15/h2-9,18H,10-11H2,1H3,(H,19,20). The highest BCUT2D eigenvalue weighted by Crippen LogP contribution is 2.15. The SMILES string of the molecule is Cc1ccc(CNC(=O)CNc2cccc(Br)c2)cc1. The summed E-state index contributed by atoms with van der Waals surface area (Å²) < 4.78 is 0.988. The molecule has 0 aliphatic heterocycles. The Morgan fingerprint density at radius 1 is 1.15 bits per heavy atom. The molecule has 3 nitrogen and oxygen atoms in total. The van der Waals surface area contributed by atoms with Crippen LogP contribution in [0.5, 0.6) is 0 Å². The molecule has 2 aromatic rings. The number of benzene rings is 2. The van der Waals surface area contributed by atoms with Crippen molar-refractivity contribution in [1.29, 1.82) is 0 Å². The van der Waals surface area contributed by atoms with Crippen LogP contribution in [-0.4, -0.2) is 12.5 Å². The second-order valence-electron chi connectivity index (χ2n) is 4.63. The third kappa shape index (κ3) is 4.70. The lowest BCUT2D eigenvalue weighted by Crippen LogP contribution is -2.29. The van der Waals surface area contributed by atoms with Crippen LogP contribution >= 0.6 is 15.9 Å². The third-order valence-electron chi connectivity index (χ3n) is 2.89. The van der Waals surface area contributed by atoms with E-state index in [4.69, 9.17) is 0 Å². The van der Waals surface area contributed by atoms with Crippen molar-refractivity contribution in [2.24, 2.45) is 0 Å². The third-order valence-corrected chi connectivity index (χ3v) is 3.38. The number of hydrogen-bond acceptors (Lipinski definition) is 2. The van der Waals surface area contributed by atoms with Crippen molar-refractivity contribution in [3.05, 3.63) is 64.1 Å². The van der Waals surface area contributed by atoms with E-state index in [9.17, 15) is 4.79 Å². The quantitative estimate of drug-likeness (QED) is 0.879. The minimum Gasteiger partial charge on any atom is -0.376 e. The van der Waals surface area contributed by atoms with Crippen LogP contribution in [-0.2, 0) is 11.3 Å². The highest BCUT2D eigenvalue weighted by molar-refractivity contribution is 9.10. The van der Waals surface area contributed by atoms with Gasteiger partial charge in [-0.15, -0.1) is 0 Å². The zero-order chi connectivity index (χ0) is 14.4. The molecule has 0 aromatic heterocycles. The maximum Gasteiger partial charge on any atom is 0.239 e. The van der Waals surface area contributed by atoms with Crippen LogP contribution in [0.4, 0.5) is 5.69 Å². The Bertz CT molecular complexity index is 581. The molecule has 0 saturated carbocycles. The molecule has 0 heterocycles. The summed E-state index contributed by atoms with van der Waals surface area (Å²) in [4.78, 5) is 11.8. The molecule has 2 aromatic carbocycles.